The minimum atomic E-state index is -0.460. The van der Waals surface area contributed by atoms with E-state index in [1.54, 1.807) is 12.1 Å². The van der Waals surface area contributed by atoms with Crippen LogP contribution >= 0.6 is 0 Å². The Morgan fingerprint density at radius 1 is 1.46 bits per heavy atom. The van der Waals surface area contributed by atoms with E-state index >= 15 is 0 Å². The summed E-state index contributed by atoms with van der Waals surface area (Å²) >= 11 is 0. The van der Waals surface area contributed by atoms with Crippen molar-refractivity contribution >= 4 is 5.91 Å². The summed E-state index contributed by atoms with van der Waals surface area (Å²) in [6, 6.07) is 4.82. The Bertz CT molecular complexity index is 356. The van der Waals surface area contributed by atoms with Gasteiger partial charge in [0.05, 0.1) is 0 Å². The lowest BCUT2D eigenvalue weighted by Crippen LogP contribution is -2.13. The van der Waals surface area contributed by atoms with Crippen molar-refractivity contribution in [2.45, 2.75) is 18.8 Å². The summed E-state index contributed by atoms with van der Waals surface area (Å²) in [7, 11) is 0. The van der Waals surface area contributed by atoms with E-state index in [4.69, 9.17) is 5.73 Å². The van der Waals surface area contributed by atoms with Crippen LogP contribution in [0, 0.1) is 0 Å². The zero-order chi connectivity index (χ0) is 9.42. The van der Waals surface area contributed by atoms with E-state index in [1.807, 2.05) is 0 Å². The van der Waals surface area contributed by atoms with Crippen LogP contribution in [-0.4, -0.2) is 11.0 Å². The maximum atomic E-state index is 11.0. The van der Waals surface area contributed by atoms with Crippen molar-refractivity contribution < 1.29 is 9.90 Å². The number of aromatic hydroxyl groups is 1. The van der Waals surface area contributed by atoms with Crippen LogP contribution in [0.2, 0.25) is 0 Å². The third-order valence-corrected chi connectivity index (χ3v) is 2.32. The summed E-state index contributed by atoms with van der Waals surface area (Å²) in [6.07, 6.45) is 2.23. The first-order valence-corrected chi connectivity index (χ1v) is 4.31. The quantitative estimate of drug-likeness (QED) is 0.716. The number of phenols is 1. The Balaban J connectivity index is 2.47. The van der Waals surface area contributed by atoms with Crippen LogP contribution in [0.4, 0.5) is 0 Å². The van der Waals surface area contributed by atoms with E-state index in [0.717, 1.165) is 18.4 Å². The van der Waals surface area contributed by atoms with Crippen LogP contribution in [0.1, 0.15) is 34.7 Å². The molecule has 3 nitrogen and oxygen atoms in total. The van der Waals surface area contributed by atoms with Gasteiger partial charge in [-0.15, -0.1) is 0 Å². The smallest absolute Gasteiger partial charge is 0.249 e. The highest BCUT2D eigenvalue weighted by Crippen LogP contribution is 2.42. The molecule has 0 aliphatic heterocycles. The number of primary amides is 1. The van der Waals surface area contributed by atoms with Crippen molar-refractivity contribution in [3.8, 4) is 5.75 Å². The predicted octanol–water partition coefficient (Wildman–Crippen LogP) is 1.37. The normalized spacial score (nSPS) is 15.7. The summed E-state index contributed by atoms with van der Waals surface area (Å²) in [4.78, 5) is 11.0. The Hall–Kier alpha value is -1.51. The van der Waals surface area contributed by atoms with Gasteiger partial charge >= 0.3 is 0 Å². The van der Waals surface area contributed by atoms with Gasteiger partial charge in [-0.25, -0.2) is 0 Å². The highest BCUT2D eigenvalue weighted by molar-refractivity contribution is 5.95. The largest absolute Gasteiger partial charge is 0.508 e. The molecule has 0 spiro atoms. The Labute approximate surface area is 76.2 Å². The SMILES string of the molecule is NC(=O)c1cc(O)ccc1C1CC1. The molecule has 1 aliphatic carbocycles. The van der Waals surface area contributed by atoms with Crippen LogP contribution in [0.15, 0.2) is 18.2 Å². The van der Waals surface area contributed by atoms with E-state index in [9.17, 15) is 9.90 Å². The number of hydrogen-bond donors (Lipinski definition) is 2. The molecule has 0 aromatic heterocycles. The fourth-order valence-corrected chi connectivity index (χ4v) is 1.51. The predicted molar refractivity (Wildman–Crippen MR) is 48.6 cm³/mol. The second-order valence-corrected chi connectivity index (χ2v) is 3.41. The molecule has 0 heterocycles. The average molecular weight is 177 g/mol. The van der Waals surface area contributed by atoms with Crippen molar-refractivity contribution in [1.29, 1.82) is 0 Å². The molecular formula is C10H11NO2. The highest BCUT2D eigenvalue weighted by atomic mass is 16.3. The zero-order valence-electron chi connectivity index (χ0n) is 7.16. The first kappa shape index (κ1) is 8.10. The Morgan fingerprint density at radius 3 is 2.69 bits per heavy atom. The van der Waals surface area contributed by atoms with Crippen LogP contribution in [-0.2, 0) is 0 Å². The van der Waals surface area contributed by atoms with Gasteiger partial charge in [0, 0.05) is 5.56 Å². The van der Waals surface area contributed by atoms with Crippen molar-refractivity contribution in [1.82, 2.24) is 0 Å². The minimum absolute atomic E-state index is 0.0956. The van der Waals surface area contributed by atoms with Crippen LogP contribution < -0.4 is 5.73 Å². The number of hydrogen-bond acceptors (Lipinski definition) is 2. The molecule has 13 heavy (non-hydrogen) atoms. The molecular weight excluding hydrogens is 166 g/mol. The molecule has 0 atom stereocenters. The third kappa shape index (κ3) is 1.49. The Morgan fingerprint density at radius 2 is 2.15 bits per heavy atom. The molecule has 1 aromatic carbocycles. The molecule has 0 bridgehead atoms. The summed E-state index contributed by atoms with van der Waals surface area (Å²) in [6.45, 7) is 0. The molecule has 1 aromatic rings. The van der Waals surface area contributed by atoms with Gasteiger partial charge in [-0.3, -0.25) is 4.79 Å². The van der Waals surface area contributed by atoms with Crippen molar-refractivity contribution in [2.75, 3.05) is 0 Å². The first-order chi connectivity index (χ1) is 6.18. The Kier molecular flexibility index (Phi) is 1.72. The second kappa shape index (κ2) is 2.76. The molecule has 3 heteroatoms. The monoisotopic (exact) mass is 177 g/mol. The van der Waals surface area contributed by atoms with Gasteiger partial charge in [-0.2, -0.15) is 0 Å². The summed E-state index contributed by atoms with van der Waals surface area (Å²) in [5, 5.41) is 9.18. The standard InChI is InChI=1S/C10H11NO2/c11-10(13)9-5-7(12)3-4-8(9)6-1-2-6/h3-6,12H,1-2H2,(H2,11,13). The van der Waals surface area contributed by atoms with E-state index in [-0.39, 0.29) is 5.75 Å². The van der Waals surface area contributed by atoms with Gasteiger partial charge in [-0.05, 0) is 36.5 Å². The molecule has 1 amide bonds. The molecule has 2 rings (SSSR count). The highest BCUT2D eigenvalue weighted by Gasteiger charge is 2.27. The molecule has 0 saturated heterocycles. The minimum Gasteiger partial charge on any atom is -0.508 e. The molecule has 3 N–H and O–H groups in total. The third-order valence-electron chi connectivity index (χ3n) is 2.32. The van der Waals surface area contributed by atoms with Gasteiger partial charge in [0.25, 0.3) is 0 Å². The summed E-state index contributed by atoms with van der Waals surface area (Å²) < 4.78 is 0. The van der Waals surface area contributed by atoms with Crippen molar-refractivity contribution in [2.24, 2.45) is 5.73 Å². The average Bonchev–Trinajstić information content (AvgIpc) is 2.87. The topological polar surface area (TPSA) is 63.3 Å². The number of amides is 1. The lowest BCUT2D eigenvalue weighted by atomic mass is 10.0. The number of nitrogens with two attached hydrogens (primary N) is 1. The lowest BCUT2D eigenvalue weighted by molar-refractivity contribution is 0.0999. The van der Waals surface area contributed by atoms with Crippen molar-refractivity contribution in [3.05, 3.63) is 29.3 Å². The number of rotatable bonds is 2. The van der Waals surface area contributed by atoms with E-state index < -0.39 is 5.91 Å². The summed E-state index contributed by atoms with van der Waals surface area (Å²) in [5.41, 5.74) is 6.64. The van der Waals surface area contributed by atoms with E-state index in [1.165, 1.54) is 6.07 Å². The molecule has 1 saturated carbocycles. The van der Waals surface area contributed by atoms with E-state index in [0.29, 0.717) is 11.5 Å². The fourth-order valence-electron chi connectivity index (χ4n) is 1.51. The summed E-state index contributed by atoms with van der Waals surface area (Å²) in [5.74, 6) is 0.110. The molecule has 68 valence electrons. The van der Waals surface area contributed by atoms with Gasteiger partial charge in [0.15, 0.2) is 0 Å². The number of carbonyl (C=O) groups is 1. The maximum absolute atomic E-state index is 11.0. The number of phenolic OH excluding ortho intramolecular Hbond substituents is 1. The van der Waals surface area contributed by atoms with Gasteiger partial charge in [-0.1, -0.05) is 6.07 Å². The lowest BCUT2D eigenvalue weighted by Gasteiger charge is -2.04. The maximum Gasteiger partial charge on any atom is 0.249 e. The van der Waals surface area contributed by atoms with Crippen LogP contribution in [0.25, 0.3) is 0 Å². The van der Waals surface area contributed by atoms with Gasteiger partial charge < -0.3 is 10.8 Å². The second-order valence-electron chi connectivity index (χ2n) is 3.41. The van der Waals surface area contributed by atoms with Gasteiger partial charge in [0.2, 0.25) is 5.91 Å². The molecule has 0 unspecified atom stereocenters. The van der Waals surface area contributed by atoms with Gasteiger partial charge in [0.1, 0.15) is 5.75 Å². The first-order valence-electron chi connectivity index (χ1n) is 4.31. The van der Waals surface area contributed by atoms with E-state index in [2.05, 4.69) is 0 Å². The number of benzene rings is 1. The zero-order valence-corrected chi connectivity index (χ0v) is 7.16. The number of carbonyl (C=O) groups excluding carboxylic acids is 1. The molecule has 1 aliphatic rings. The molecule has 0 radical (unpaired) electrons. The van der Waals surface area contributed by atoms with Crippen LogP contribution in [0.3, 0.4) is 0 Å². The van der Waals surface area contributed by atoms with Crippen LogP contribution in [0.5, 0.6) is 5.75 Å². The molecule has 1 fully saturated rings. The fraction of sp³-hybridized carbons (Fsp3) is 0.300. The van der Waals surface area contributed by atoms with Crippen molar-refractivity contribution in [3.63, 3.8) is 0 Å².